The van der Waals surface area contributed by atoms with Crippen molar-refractivity contribution in [2.75, 3.05) is 0 Å². The van der Waals surface area contributed by atoms with Gasteiger partial charge < -0.3 is 0 Å². The molecule has 2 aromatic carbocycles. The fraction of sp³-hybridized carbons (Fsp3) is 0.250. The molecule has 94 valence electrons. The number of alkyl halides is 1. The maximum absolute atomic E-state index is 13.2. The van der Waals surface area contributed by atoms with Gasteiger partial charge in [-0.2, -0.15) is 0 Å². The maximum atomic E-state index is 13.2. The van der Waals surface area contributed by atoms with E-state index in [0.717, 1.165) is 12.0 Å². The highest BCUT2D eigenvalue weighted by molar-refractivity contribution is 9.09. The molecule has 0 aliphatic carbocycles. The van der Waals surface area contributed by atoms with E-state index in [2.05, 4.69) is 47.1 Å². The zero-order valence-electron chi connectivity index (χ0n) is 10.6. The van der Waals surface area contributed by atoms with Crippen molar-refractivity contribution >= 4 is 15.9 Å². The largest absolute Gasteiger partial charge is 0.207 e. The van der Waals surface area contributed by atoms with Crippen molar-refractivity contribution in [3.05, 3.63) is 70.5 Å². The van der Waals surface area contributed by atoms with E-state index in [9.17, 15) is 4.39 Å². The van der Waals surface area contributed by atoms with Gasteiger partial charge in [0.25, 0.3) is 0 Å². The van der Waals surface area contributed by atoms with Crippen LogP contribution in [0, 0.1) is 19.7 Å². The van der Waals surface area contributed by atoms with E-state index in [1.165, 1.54) is 17.2 Å². The third-order valence-electron chi connectivity index (χ3n) is 3.08. The first-order valence-electron chi connectivity index (χ1n) is 6.02. The third kappa shape index (κ3) is 3.20. The van der Waals surface area contributed by atoms with Gasteiger partial charge in [-0.15, -0.1) is 0 Å². The summed E-state index contributed by atoms with van der Waals surface area (Å²) >= 11 is 3.68. The lowest BCUT2D eigenvalue weighted by atomic mass is 10.0. The highest BCUT2D eigenvalue weighted by Gasteiger charge is 2.10. The molecule has 0 heterocycles. The van der Waals surface area contributed by atoms with Gasteiger partial charge in [0, 0.05) is 4.83 Å². The summed E-state index contributed by atoms with van der Waals surface area (Å²) in [5.74, 6) is -0.145. The van der Waals surface area contributed by atoms with Gasteiger partial charge in [0.05, 0.1) is 0 Å². The molecule has 0 aromatic heterocycles. The summed E-state index contributed by atoms with van der Waals surface area (Å²) in [7, 11) is 0. The van der Waals surface area contributed by atoms with Crippen LogP contribution in [0.1, 0.15) is 27.1 Å². The molecule has 0 aliphatic rings. The fourth-order valence-corrected chi connectivity index (χ4v) is 2.57. The Bertz CT molecular complexity index is 531. The normalized spacial score (nSPS) is 12.4. The standard InChI is InChI=1S/C16H16BrF/c1-11-3-5-13(6-4-11)10-15(17)14-7-8-16(18)12(2)9-14/h3-9,15H,10H2,1-2H3. The Labute approximate surface area is 116 Å². The molecular weight excluding hydrogens is 291 g/mol. The highest BCUT2D eigenvalue weighted by atomic mass is 79.9. The van der Waals surface area contributed by atoms with Crippen LogP contribution >= 0.6 is 15.9 Å². The number of halogens is 2. The van der Waals surface area contributed by atoms with Gasteiger partial charge >= 0.3 is 0 Å². The second kappa shape index (κ2) is 5.66. The minimum atomic E-state index is -0.145. The van der Waals surface area contributed by atoms with Gasteiger partial charge in [-0.1, -0.05) is 57.9 Å². The van der Waals surface area contributed by atoms with Crippen molar-refractivity contribution in [2.45, 2.75) is 25.1 Å². The molecule has 2 heteroatoms. The topological polar surface area (TPSA) is 0 Å². The van der Waals surface area contributed by atoms with Crippen molar-refractivity contribution in [3.8, 4) is 0 Å². The Balaban J connectivity index is 2.13. The van der Waals surface area contributed by atoms with Crippen LogP contribution in [0.5, 0.6) is 0 Å². The quantitative estimate of drug-likeness (QED) is 0.690. The molecule has 0 saturated carbocycles. The van der Waals surface area contributed by atoms with Crippen molar-refractivity contribution in [1.29, 1.82) is 0 Å². The second-order valence-corrected chi connectivity index (χ2v) is 5.77. The van der Waals surface area contributed by atoms with Gasteiger partial charge in [-0.3, -0.25) is 0 Å². The minimum Gasteiger partial charge on any atom is -0.207 e. The van der Waals surface area contributed by atoms with E-state index in [1.54, 1.807) is 6.92 Å². The number of benzene rings is 2. The first kappa shape index (κ1) is 13.3. The molecule has 1 atom stereocenters. The summed E-state index contributed by atoms with van der Waals surface area (Å²) < 4.78 is 13.2. The summed E-state index contributed by atoms with van der Waals surface area (Å²) in [6.07, 6.45) is 0.908. The van der Waals surface area contributed by atoms with Crippen LogP contribution in [0.3, 0.4) is 0 Å². The number of aryl methyl sites for hydroxylation is 2. The van der Waals surface area contributed by atoms with Gasteiger partial charge in [0.1, 0.15) is 5.82 Å². The Morgan fingerprint density at radius 1 is 1.06 bits per heavy atom. The van der Waals surface area contributed by atoms with Gasteiger partial charge in [-0.25, -0.2) is 4.39 Å². The molecule has 0 aliphatic heterocycles. The van der Waals surface area contributed by atoms with E-state index in [0.29, 0.717) is 5.56 Å². The average molecular weight is 307 g/mol. The van der Waals surface area contributed by atoms with Crippen LogP contribution in [0.4, 0.5) is 4.39 Å². The Kier molecular flexibility index (Phi) is 4.18. The molecular formula is C16H16BrF. The predicted molar refractivity (Wildman–Crippen MR) is 77.7 cm³/mol. The summed E-state index contributed by atoms with van der Waals surface area (Å²) in [6, 6.07) is 13.8. The number of hydrogen-bond acceptors (Lipinski definition) is 0. The van der Waals surface area contributed by atoms with Crippen molar-refractivity contribution < 1.29 is 4.39 Å². The van der Waals surface area contributed by atoms with Gasteiger partial charge in [0.2, 0.25) is 0 Å². The Morgan fingerprint density at radius 3 is 2.33 bits per heavy atom. The maximum Gasteiger partial charge on any atom is 0.126 e. The third-order valence-corrected chi connectivity index (χ3v) is 3.93. The summed E-state index contributed by atoms with van der Waals surface area (Å²) in [5, 5.41) is 0. The van der Waals surface area contributed by atoms with Crippen LogP contribution in [-0.4, -0.2) is 0 Å². The Morgan fingerprint density at radius 2 is 1.72 bits per heavy atom. The lowest BCUT2D eigenvalue weighted by Crippen LogP contribution is -1.97. The number of hydrogen-bond donors (Lipinski definition) is 0. The highest BCUT2D eigenvalue weighted by Crippen LogP contribution is 2.28. The van der Waals surface area contributed by atoms with Crippen LogP contribution in [-0.2, 0) is 6.42 Å². The van der Waals surface area contributed by atoms with E-state index < -0.39 is 0 Å². The first-order valence-corrected chi connectivity index (χ1v) is 6.93. The SMILES string of the molecule is Cc1ccc(CC(Br)c2ccc(F)c(C)c2)cc1. The van der Waals surface area contributed by atoms with Crippen molar-refractivity contribution in [1.82, 2.24) is 0 Å². The van der Waals surface area contributed by atoms with Crippen molar-refractivity contribution in [3.63, 3.8) is 0 Å². The lowest BCUT2D eigenvalue weighted by molar-refractivity contribution is 0.617. The predicted octanol–water partition coefficient (Wildman–Crippen LogP) is 5.12. The molecule has 2 aromatic rings. The van der Waals surface area contributed by atoms with E-state index in [4.69, 9.17) is 0 Å². The molecule has 18 heavy (non-hydrogen) atoms. The van der Waals surface area contributed by atoms with Crippen LogP contribution < -0.4 is 0 Å². The average Bonchev–Trinajstić information content (AvgIpc) is 2.35. The molecule has 0 nitrogen and oxygen atoms in total. The Hall–Kier alpha value is -1.15. The monoisotopic (exact) mass is 306 g/mol. The molecule has 0 fully saturated rings. The fourth-order valence-electron chi connectivity index (χ4n) is 1.91. The van der Waals surface area contributed by atoms with Crippen LogP contribution in [0.2, 0.25) is 0 Å². The molecule has 2 rings (SSSR count). The van der Waals surface area contributed by atoms with E-state index in [1.807, 2.05) is 12.1 Å². The second-order valence-electron chi connectivity index (χ2n) is 4.67. The van der Waals surface area contributed by atoms with Crippen LogP contribution in [0.15, 0.2) is 42.5 Å². The molecule has 0 saturated heterocycles. The first-order chi connectivity index (χ1) is 8.56. The number of rotatable bonds is 3. The van der Waals surface area contributed by atoms with E-state index >= 15 is 0 Å². The van der Waals surface area contributed by atoms with E-state index in [-0.39, 0.29) is 10.6 Å². The molecule has 0 bridgehead atoms. The zero-order chi connectivity index (χ0) is 13.1. The summed E-state index contributed by atoms with van der Waals surface area (Å²) in [5.41, 5.74) is 4.36. The molecule has 0 radical (unpaired) electrons. The van der Waals surface area contributed by atoms with Crippen LogP contribution in [0.25, 0.3) is 0 Å². The van der Waals surface area contributed by atoms with Gasteiger partial charge in [0.15, 0.2) is 0 Å². The van der Waals surface area contributed by atoms with Crippen molar-refractivity contribution in [2.24, 2.45) is 0 Å². The lowest BCUT2D eigenvalue weighted by Gasteiger charge is -2.11. The molecule has 1 unspecified atom stereocenters. The summed E-state index contributed by atoms with van der Waals surface area (Å²) in [6.45, 7) is 3.88. The van der Waals surface area contributed by atoms with Gasteiger partial charge in [-0.05, 0) is 43.0 Å². The smallest absolute Gasteiger partial charge is 0.126 e. The zero-order valence-corrected chi connectivity index (χ0v) is 12.2. The molecule has 0 N–H and O–H groups in total. The summed E-state index contributed by atoms with van der Waals surface area (Å²) in [4.78, 5) is 0.222. The molecule has 0 spiro atoms. The minimum absolute atomic E-state index is 0.145. The molecule has 0 amide bonds.